The minimum Gasteiger partial charge on any atom is -0.465 e. The number of hydrogen-bond acceptors (Lipinski definition) is 6. The van der Waals surface area contributed by atoms with E-state index in [4.69, 9.17) is 0 Å². The molecule has 7 nitrogen and oxygen atoms in total. The highest BCUT2D eigenvalue weighted by Gasteiger charge is 2.25. The standard InChI is InChI=1S/C24H24N2O5S2/c1-31-24(28)17-6-9-20(10-7-17)25-22(27)14-16-4-5-19-15-21(11-8-18(19)13-16)26-33(29,30)23-3-2-12-32-23/h2-7,9-10,12-13,21,26H,8,11,14-15H2,1H3,(H,25,27). The molecular formula is C24H24N2O5S2. The molecule has 1 aliphatic carbocycles. The van der Waals surface area contributed by atoms with Crippen LogP contribution in [0.5, 0.6) is 0 Å². The summed E-state index contributed by atoms with van der Waals surface area (Å²) in [5.41, 5.74) is 4.17. The van der Waals surface area contributed by atoms with E-state index in [2.05, 4.69) is 14.8 Å². The summed E-state index contributed by atoms with van der Waals surface area (Å²) in [4.78, 5) is 24.0. The van der Waals surface area contributed by atoms with Crippen molar-refractivity contribution in [3.63, 3.8) is 0 Å². The van der Waals surface area contributed by atoms with Crippen LogP contribution in [0.1, 0.15) is 33.5 Å². The number of amides is 1. The number of rotatable bonds is 7. The number of thiophene rings is 1. The fraction of sp³-hybridized carbons (Fsp3) is 0.250. The van der Waals surface area contributed by atoms with Crippen LogP contribution in [-0.2, 0) is 38.8 Å². The van der Waals surface area contributed by atoms with Gasteiger partial charge < -0.3 is 10.1 Å². The number of esters is 1. The Kier molecular flexibility index (Phi) is 6.92. The monoisotopic (exact) mass is 484 g/mol. The first-order valence-electron chi connectivity index (χ1n) is 10.5. The predicted octanol–water partition coefficient (Wildman–Crippen LogP) is 3.55. The SMILES string of the molecule is COC(=O)c1ccc(NC(=O)Cc2ccc3c(c2)CCC(NS(=O)(=O)c2cccs2)C3)cc1. The van der Waals surface area contributed by atoms with Gasteiger partial charge in [-0.2, -0.15) is 0 Å². The highest BCUT2D eigenvalue weighted by Crippen LogP contribution is 2.25. The Hall–Kier alpha value is -3.01. The van der Waals surface area contributed by atoms with Gasteiger partial charge in [0.1, 0.15) is 4.21 Å². The van der Waals surface area contributed by atoms with Crippen LogP contribution in [0.3, 0.4) is 0 Å². The molecule has 0 spiro atoms. The highest BCUT2D eigenvalue weighted by atomic mass is 32.2. The van der Waals surface area contributed by atoms with Crippen molar-refractivity contribution in [2.45, 2.75) is 35.9 Å². The third kappa shape index (κ3) is 5.68. The molecule has 1 amide bonds. The quantitative estimate of drug-likeness (QED) is 0.500. The normalized spacial score (nSPS) is 15.5. The van der Waals surface area contributed by atoms with E-state index in [0.717, 1.165) is 23.1 Å². The van der Waals surface area contributed by atoms with Crippen molar-refractivity contribution in [1.29, 1.82) is 0 Å². The Labute approximate surface area is 196 Å². The third-order valence-corrected chi connectivity index (χ3v) is 8.45. The molecule has 1 unspecified atom stereocenters. The van der Waals surface area contributed by atoms with Crippen molar-refractivity contribution in [1.82, 2.24) is 4.72 Å². The molecule has 2 aromatic carbocycles. The first-order chi connectivity index (χ1) is 15.8. The van der Waals surface area contributed by atoms with E-state index in [1.807, 2.05) is 18.2 Å². The zero-order valence-electron chi connectivity index (χ0n) is 18.0. The molecule has 0 saturated heterocycles. The van der Waals surface area contributed by atoms with Gasteiger partial charge in [-0.05, 0) is 71.7 Å². The van der Waals surface area contributed by atoms with Crippen molar-refractivity contribution in [2.75, 3.05) is 12.4 Å². The molecule has 2 N–H and O–H groups in total. The second-order valence-corrected chi connectivity index (χ2v) is 10.8. The minimum absolute atomic E-state index is 0.147. The molecule has 1 aromatic heterocycles. The number of hydrogen-bond donors (Lipinski definition) is 2. The van der Waals surface area contributed by atoms with E-state index in [0.29, 0.717) is 28.3 Å². The van der Waals surface area contributed by atoms with Crippen LogP contribution in [0.15, 0.2) is 64.2 Å². The second-order valence-electron chi connectivity index (χ2n) is 7.89. The van der Waals surface area contributed by atoms with E-state index < -0.39 is 16.0 Å². The van der Waals surface area contributed by atoms with Gasteiger partial charge in [-0.15, -0.1) is 11.3 Å². The van der Waals surface area contributed by atoms with Gasteiger partial charge >= 0.3 is 5.97 Å². The Bertz CT molecular complexity index is 1250. The van der Waals surface area contributed by atoms with Gasteiger partial charge in [-0.1, -0.05) is 24.3 Å². The fourth-order valence-corrected chi connectivity index (χ4v) is 6.19. The lowest BCUT2D eigenvalue weighted by Gasteiger charge is -2.25. The van der Waals surface area contributed by atoms with E-state index in [9.17, 15) is 18.0 Å². The van der Waals surface area contributed by atoms with Crippen molar-refractivity contribution in [3.8, 4) is 0 Å². The molecule has 1 heterocycles. The Morgan fingerprint density at radius 1 is 1.09 bits per heavy atom. The molecule has 0 aliphatic heterocycles. The number of fused-ring (bicyclic) bond motifs is 1. The van der Waals surface area contributed by atoms with Gasteiger partial charge in [-0.3, -0.25) is 4.79 Å². The number of ether oxygens (including phenoxy) is 1. The van der Waals surface area contributed by atoms with Crippen LogP contribution in [-0.4, -0.2) is 33.4 Å². The summed E-state index contributed by atoms with van der Waals surface area (Å²) < 4.78 is 32.8. The summed E-state index contributed by atoms with van der Waals surface area (Å²) in [7, 11) is -2.17. The van der Waals surface area contributed by atoms with Crippen molar-refractivity contribution < 1.29 is 22.7 Å². The van der Waals surface area contributed by atoms with Crippen LogP contribution in [0, 0.1) is 0 Å². The predicted molar refractivity (Wildman–Crippen MR) is 127 cm³/mol. The lowest BCUT2D eigenvalue weighted by atomic mass is 9.87. The number of nitrogens with one attached hydrogen (secondary N) is 2. The molecule has 0 saturated carbocycles. The van der Waals surface area contributed by atoms with Crippen molar-refractivity contribution in [3.05, 3.63) is 82.2 Å². The number of anilines is 1. The zero-order valence-corrected chi connectivity index (χ0v) is 19.7. The first kappa shape index (κ1) is 23.2. The summed E-state index contributed by atoms with van der Waals surface area (Å²) in [6.45, 7) is 0. The highest BCUT2D eigenvalue weighted by molar-refractivity contribution is 7.91. The maximum atomic E-state index is 12.5. The van der Waals surface area contributed by atoms with E-state index >= 15 is 0 Å². The Morgan fingerprint density at radius 3 is 2.58 bits per heavy atom. The van der Waals surface area contributed by atoms with Gasteiger partial charge in [0, 0.05) is 11.7 Å². The van der Waals surface area contributed by atoms with Crippen LogP contribution in [0.4, 0.5) is 5.69 Å². The van der Waals surface area contributed by atoms with Crippen LogP contribution >= 0.6 is 11.3 Å². The Balaban J connectivity index is 1.35. The maximum Gasteiger partial charge on any atom is 0.337 e. The van der Waals surface area contributed by atoms with Crippen LogP contribution < -0.4 is 10.0 Å². The van der Waals surface area contributed by atoms with Crippen LogP contribution in [0.2, 0.25) is 0 Å². The largest absolute Gasteiger partial charge is 0.465 e. The maximum absolute atomic E-state index is 12.5. The number of methoxy groups -OCH3 is 1. The summed E-state index contributed by atoms with van der Waals surface area (Å²) >= 11 is 1.21. The van der Waals surface area contributed by atoms with Gasteiger partial charge in [0.15, 0.2) is 0 Å². The molecule has 9 heteroatoms. The van der Waals surface area contributed by atoms with Gasteiger partial charge in [0.25, 0.3) is 0 Å². The first-order valence-corrected chi connectivity index (χ1v) is 12.8. The van der Waals surface area contributed by atoms with E-state index in [1.54, 1.807) is 41.8 Å². The second kappa shape index (κ2) is 9.86. The molecule has 4 rings (SSSR count). The molecule has 0 fully saturated rings. The summed E-state index contributed by atoms with van der Waals surface area (Å²) in [5, 5.41) is 4.58. The Morgan fingerprint density at radius 2 is 1.88 bits per heavy atom. The van der Waals surface area contributed by atoms with E-state index in [-0.39, 0.29) is 18.4 Å². The lowest BCUT2D eigenvalue weighted by Crippen LogP contribution is -2.38. The smallest absolute Gasteiger partial charge is 0.337 e. The number of sulfonamides is 1. The summed E-state index contributed by atoms with van der Waals surface area (Å²) in [5.74, 6) is -0.582. The number of benzene rings is 2. The molecular weight excluding hydrogens is 460 g/mol. The molecule has 0 radical (unpaired) electrons. The molecule has 0 bridgehead atoms. The summed E-state index contributed by atoms with van der Waals surface area (Å²) in [6.07, 6.45) is 2.30. The molecule has 172 valence electrons. The van der Waals surface area contributed by atoms with Crippen molar-refractivity contribution in [2.24, 2.45) is 0 Å². The summed E-state index contributed by atoms with van der Waals surface area (Å²) in [6, 6.07) is 15.6. The average molecular weight is 485 g/mol. The molecule has 1 atom stereocenters. The molecule has 33 heavy (non-hydrogen) atoms. The van der Waals surface area contributed by atoms with E-state index in [1.165, 1.54) is 18.4 Å². The van der Waals surface area contributed by atoms with Crippen molar-refractivity contribution >= 4 is 38.9 Å². The fourth-order valence-electron chi connectivity index (χ4n) is 3.91. The lowest BCUT2D eigenvalue weighted by molar-refractivity contribution is -0.115. The van der Waals surface area contributed by atoms with Gasteiger partial charge in [-0.25, -0.2) is 17.9 Å². The topological polar surface area (TPSA) is 102 Å². The zero-order chi connectivity index (χ0) is 23.4. The molecule has 3 aromatic rings. The minimum atomic E-state index is -3.49. The number of carbonyl (C=O) groups is 2. The number of aryl methyl sites for hydroxylation is 1. The van der Waals surface area contributed by atoms with Crippen LogP contribution in [0.25, 0.3) is 0 Å². The molecule has 1 aliphatic rings. The average Bonchev–Trinajstić information content (AvgIpc) is 3.35. The third-order valence-electron chi connectivity index (χ3n) is 5.54. The number of carbonyl (C=O) groups excluding carboxylic acids is 2. The van der Waals surface area contributed by atoms with Gasteiger partial charge in [0.05, 0.1) is 19.1 Å². The van der Waals surface area contributed by atoms with Gasteiger partial charge in [0.2, 0.25) is 15.9 Å².